The highest BCUT2D eigenvalue weighted by atomic mass is 16.6. The number of hydrogen-bond donors (Lipinski definition) is 0. The van der Waals surface area contributed by atoms with Crippen LogP contribution in [0.3, 0.4) is 0 Å². The Morgan fingerprint density at radius 2 is 2.05 bits per heavy atom. The molecule has 0 amide bonds. The van der Waals surface area contributed by atoms with E-state index in [9.17, 15) is 4.79 Å². The molecular formula is C16H11NO4. The fraction of sp³-hybridized carbons (Fsp3) is 0.125. The van der Waals surface area contributed by atoms with E-state index < -0.39 is 5.63 Å². The van der Waals surface area contributed by atoms with Crippen LogP contribution in [0.4, 0.5) is 0 Å². The zero-order chi connectivity index (χ0) is 14.2. The number of furan rings is 1. The molecule has 2 aromatic heterocycles. The molecule has 5 nitrogen and oxygen atoms in total. The van der Waals surface area contributed by atoms with Gasteiger partial charge in [0, 0.05) is 11.8 Å². The predicted molar refractivity (Wildman–Crippen MR) is 76.2 cm³/mol. The smallest absolute Gasteiger partial charge is 0.345 e. The first kappa shape index (κ1) is 12.0. The summed E-state index contributed by atoms with van der Waals surface area (Å²) in [6.45, 7) is 0. The van der Waals surface area contributed by atoms with E-state index in [0.717, 1.165) is 5.39 Å². The summed E-state index contributed by atoms with van der Waals surface area (Å²) in [5, 5.41) is 4.87. The van der Waals surface area contributed by atoms with E-state index in [0.29, 0.717) is 29.0 Å². The Morgan fingerprint density at radius 1 is 1.14 bits per heavy atom. The van der Waals surface area contributed by atoms with Crippen molar-refractivity contribution in [2.75, 3.05) is 0 Å². The van der Waals surface area contributed by atoms with Crippen LogP contribution in [0, 0.1) is 0 Å². The molecule has 0 bridgehead atoms. The predicted octanol–water partition coefficient (Wildman–Crippen LogP) is 3.25. The van der Waals surface area contributed by atoms with Crippen molar-refractivity contribution in [3.05, 3.63) is 70.5 Å². The number of benzene rings is 1. The molecular weight excluding hydrogens is 270 g/mol. The Labute approximate surface area is 119 Å². The van der Waals surface area contributed by atoms with Crippen molar-refractivity contribution in [3.63, 3.8) is 0 Å². The number of oxime groups is 1. The molecule has 1 aliphatic rings. The lowest BCUT2D eigenvalue weighted by Gasteiger charge is -2.03. The molecule has 4 rings (SSSR count). The van der Waals surface area contributed by atoms with Crippen LogP contribution in [0.1, 0.15) is 23.8 Å². The lowest BCUT2D eigenvalue weighted by molar-refractivity contribution is 0.0689. The highest BCUT2D eigenvalue weighted by Crippen LogP contribution is 2.29. The number of fused-ring (bicyclic) bond motifs is 1. The van der Waals surface area contributed by atoms with Gasteiger partial charge in [0.1, 0.15) is 11.3 Å². The molecule has 0 spiro atoms. The van der Waals surface area contributed by atoms with Crippen molar-refractivity contribution in [3.8, 4) is 0 Å². The molecule has 104 valence electrons. The summed E-state index contributed by atoms with van der Waals surface area (Å²) >= 11 is 0. The number of nitrogens with zero attached hydrogens (tertiary/aromatic N) is 1. The highest BCUT2D eigenvalue weighted by molar-refractivity contribution is 6.02. The SMILES string of the molecule is O=c1oc2ccccc2cc1C1=NO[C@H](c2ccco2)C1. The first-order valence-electron chi connectivity index (χ1n) is 6.60. The molecule has 0 saturated carbocycles. The molecule has 3 heterocycles. The van der Waals surface area contributed by atoms with Gasteiger partial charge in [0.05, 0.1) is 17.5 Å². The topological polar surface area (TPSA) is 64.9 Å². The zero-order valence-electron chi connectivity index (χ0n) is 11.0. The van der Waals surface area contributed by atoms with Crippen molar-refractivity contribution in [1.82, 2.24) is 0 Å². The molecule has 5 heteroatoms. The van der Waals surface area contributed by atoms with E-state index in [1.54, 1.807) is 24.5 Å². The third-order valence-corrected chi connectivity index (χ3v) is 3.48. The Hall–Kier alpha value is -2.82. The van der Waals surface area contributed by atoms with Gasteiger partial charge in [-0.1, -0.05) is 23.4 Å². The standard InChI is InChI=1S/C16H11NO4/c18-16-11(8-10-4-1-2-5-13(10)20-16)12-9-15(21-17-12)14-6-3-7-19-14/h1-8,15H,9H2/t15-/m0/s1. The van der Waals surface area contributed by atoms with Gasteiger partial charge >= 0.3 is 5.63 Å². The second-order valence-corrected chi connectivity index (χ2v) is 4.84. The number of rotatable bonds is 2. The minimum Gasteiger partial charge on any atom is -0.465 e. The van der Waals surface area contributed by atoms with Gasteiger partial charge in [0.25, 0.3) is 0 Å². The van der Waals surface area contributed by atoms with Crippen LogP contribution in [-0.4, -0.2) is 5.71 Å². The lowest BCUT2D eigenvalue weighted by atomic mass is 10.0. The largest absolute Gasteiger partial charge is 0.465 e. The van der Waals surface area contributed by atoms with E-state index in [2.05, 4.69) is 5.16 Å². The second kappa shape index (κ2) is 4.63. The monoisotopic (exact) mass is 281 g/mol. The fourth-order valence-corrected chi connectivity index (χ4v) is 2.43. The van der Waals surface area contributed by atoms with Crippen molar-refractivity contribution in [2.45, 2.75) is 12.5 Å². The maximum absolute atomic E-state index is 12.1. The molecule has 0 saturated heterocycles. The number of para-hydroxylation sites is 1. The van der Waals surface area contributed by atoms with Crippen LogP contribution in [0.2, 0.25) is 0 Å². The number of hydrogen-bond acceptors (Lipinski definition) is 5. The van der Waals surface area contributed by atoms with E-state index in [1.807, 2.05) is 24.3 Å². The van der Waals surface area contributed by atoms with E-state index >= 15 is 0 Å². The van der Waals surface area contributed by atoms with Crippen LogP contribution in [-0.2, 0) is 4.84 Å². The summed E-state index contributed by atoms with van der Waals surface area (Å²) in [4.78, 5) is 17.4. The Morgan fingerprint density at radius 3 is 2.90 bits per heavy atom. The van der Waals surface area contributed by atoms with Gasteiger partial charge in [-0.25, -0.2) is 4.79 Å². The van der Waals surface area contributed by atoms with Crippen LogP contribution < -0.4 is 5.63 Å². The van der Waals surface area contributed by atoms with Gasteiger partial charge in [0.2, 0.25) is 0 Å². The summed E-state index contributed by atoms with van der Waals surface area (Å²) in [5.74, 6) is 0.693. The van der Waals surface area contributed by atoms with Crippen LogP contribution in [0.25, 0.3) is 11.0 Å². The highest BCUT2D eigenvalue weighted by Gasteiger charge is 2.27. The van der Waals surface area contributed by atoms with Crippen molar-refractivity contribution >= 4 is 16.7 Å². The third kappa shape index (κ3) is 2.03. The molecule has 1 atom stereocenters. The average molecular weight is 281 g/mol. The minimum atomic E-state index is -0.406. The van der Waals surface area contributed by atoms with Crippen LogP contribution in [0.15, 0.2) is 67.5 Å². The quantitative estimate of drug-likeness (QED) is 0.676. The van der Waals surface area contributed by atoms with E-state index in [1.165, 1.54) is 0 Å². The summed E-state index contributed by atoms with van der Waals surface area (Å²) in [6.07, 6.45) is 1.78. The average Bonchev–Trinajstić information content (AvgIpc) is 3.17. The summed E-state index contributed by atoms with van der Waals surface area (Å²) in [5.41, 5.74) is 1.17. The zero-order valence-corrected chi connectivity index (χ0v) is 11.0. The molecule has 1 aliphatic heterocycles. The summed E-state index contributed by atoms with van der Waals surface area (Å²) in [7, 11) is 0. The first-order chi connectivity index (χ1) is 10.3. The maximum atomic E-state index is 12.1. The van der Waals surface area contributed by atoms with Crippen molar-refractivity contribution in [1.29, 1.82) is 0 Å². The van der Waals surface area contributed by atoms with Gasteiger partial charge < -0.3 is 13.7 Å². The van der Waals surface area contributed by atoms with Crippen LogP contribution in [0.5, 0.6) is 0 Å². The van der Waals surface area contributed by atoms with Crippen molar-refractivity contribution < 1.29 is 13.7 Å². The van der Waals surface area contributed by atoms with Gasteiger partial charge in [-0.2, -0.15) is 0 Å². The molecule has 0 radical (unpaired) electrons. The molecule has 3 aromatic rings. The molecule has 0 N–H and O–H groups in total. The van der Waals surface area contributed by atoms with Gasteiger partial charge in [-0.05, 0) is 24.3 Å². The first-order valence-corrected chi connectivity index (χ1v) is 6.60. The van der Waals surface area contributed by atoms with Crippen molar-refractivity contribution in [2.24, 2.45) is 5.16 Å². The lowest BCUT2D eigenvalue weighted by Crippen LogP contribution is -2.13. The normalized spacial score (nSPS) is 17.7. The molecule has 0 fully saturated rings. The van der Waals surface area contributed by atoms with Gasteiger partial charge in [-0.15, -0.1) is 0 Å². The third-order valence-electron chi connectivity index (χ3n) is 3.48. The maximum Gasteiger partial charge on any atom is 0.345 e. The van der Waals surface area contributed by atoms with Gasteiger partial charge in [0.15, 0.2) is 6.10 Å². The van der Waals surface area contributed by atoms with Gasteiger partial charge in [-0.3, -0.25) is 0 Å². The van der Waals surface area contributed by atoms with Crippen LogP contribution >= 0.6 is 0 Å². The molecule has 1 aromatic carbocycles. The Bertz CT molecular complexity index is 877. The molecule has 0 aliphatic carbocycles. The van der Waals surface area contributed by atoms with E-state index in [-0.39, 0.29) is 6.10 Å². The molecule has 21 heavy (non-hydrogen) atoms. The Kier molecular flexibility index (Phi) is 2.64. The summed E-state index contributed by atoms with van der Waals surface area (Å²) in [6, 6.07) is 12.8. The van der Waals surface area contributed by atoms with E-state index in [4.69, 9.17) is 13.7 Å². The molecule has 0 unspecified atom stereocenters. The minimum absolute atomic E-state index is 0.291. The fourth-order valence-electron chi connectivity index (χ4n) is 2.43. The summed E-state index contributed by atoms with van der Waals surface area (Å²) < 4.78 is 10.6. The Balaban J connectivity index is 1.71. The second-order valence-electron chi connectivity index (χ2n) is 4.84.